The van der Waals surface area contributed by atoms with Crippen LogP contribution >= 0.6 is 15.9 Å². The summed E-state index contributed by atoms with van der Waals surface area (Å²) in [5, 5.41) is 0. The van der Waals surface area contributed by atoms with Gasteiger partial charge < -0.3 is 4.74 Å². The fourth-order valence-corrected chi connectivity index (χ4v) is 2.55. The first-order valence-electron chi connectivity index (χ1n) is 5.64. The largest absolute Gasteiger partial charge is 0.381 e. The Morgan fingerprint density at radius 1 is 1.29 bits per heavy atom. The number of nitrogens with zero attached hydrogens (tertiary/aromatic N) is 1. The van der Waals surface area contributed by atoms with Crippen molar-refractivity contribution in [1.82, 2.24) is 0 Å². The summed E-state index contributed by atoms with van der Waals surface area (Å²) >= 11 is 3.43. The van der Waals surface area contributed by atoms with Gasteiger partial charge >= 0.3 is 0 Å². The molecule has 1 saturated heterocycles. The van der Waals surface area contributed by atoms with Gasteiger partial charge in [0.25, 0.3) is 0 Å². The van der Waals surface area contributed by atoms with E-state index in [1.54, 1.807) is 6.08 Å². The highest BCUT2D eigenvalue weighted by atomic mass is 79.9. The number of hydrogen-bond donors (Lipinski definition) is 0. The Hall–Kier alpha value is -0.960. The first-order chi connectivity index (χ1) is 8.27. The van der Waals surface area contributed by atoms with Crippen molar-refractivity contribution in [2.24, 2.45) is 4.99 Å². The third kappa shape index (κ3) is 2.83. The van der Waals surface area contributed by atoms with Crippen molar-refractivity contribution in [3.8, 4) is 0 Å². The number of aliphatic imine (C=N–C) groups is 1. The summed E-state index contributed by atoms with van der Waals surface area (Å²) in [4.78, 5) is 14.1. The van der Waals surface area contributed by atoms with E-state index in [-0.39, 0.29) is 5.41 Å². The molecule has 0 aliphatic carbocycles. The van der Waals surface area contributed by atoms with Crippen LogP contribution < -0.4 is 0 Å². The van der Waals surface area contributed by atoms with Crippen molar-refractivity contribution < 1.29 is 9.53 Å². The van der Waals surface area contributed by atoms with E-state index in [1.165, 1.54) is 5.56 Å². The van der Waals surface area contributed by atoms with Crippen LogP contribution in [0.15, 0.2) is 33.7 Å². The molecule has 0 atom stereocenters. The maximum absolute atomic E-state index is 10.3. The van der Waals surface area contributed by atoms with Crippen LogP contribution in [-0.4, -0.2) is 25.8 Å². The molecular weight excluding hydrogens is 282 g/mol. The Morgan fingerprint density at radius 2 is 1.94 bits per heavy atom. The van der Waals surface area contributed by atoms with Crippen molar-refractivity contribution in [2.45, 2.75) is 18.3 Å². The van der Waals surface area contributed by atoms with Crippen LogP contribution in [-0.2, 0) is 14.9 Å². The highest BCUT2D eigenvalue weighted by molar-refractivity contribution is 9.10. The quantitative estimate of drug-likeness (QED) is 0.635. The van der Waals surface area contributed by atoms with Crippen LogP contribution in [0.2, 0.25) is 0 Å². The molecule has 2 rings (SSSR count). The van der Waals surface area contributed by atoms with Gasteiger partial charge in [0.05, 0.1) is 6.54 Å². The van der Waals surface area contributed by atoms with E-state index >= 15 is 0 Å². The molecule has 1 aliphatic heterocycles. The summed E-state index contributed by atoms with van der Waals surface area (Å²) in [5.41, 5.74) is 1.17. The number of isocyanates is 1. The molecule has 1 aliphatic rings. The van der Waals surface area contributed by atoms with E-state index in [4.69, 9.17) is 4.74 Å². The van der Waals surface area contributed by atoms with E-state index in [2.05, 4.69) is 33.1 Å². The van der Waals surface area contributed by atoms with Gasteiger partial charge in [-0.1, -0.05) is 28.1 Å². The Balaban J connectivity index is 2.31. The van der Waals surface area contributed by atoms with Crippen molar-refractivity contribution >= 4 is 22.0 Å². The van der Waals surface area contributed by atoms with Crippen molar-refractivity contribution in [3.63, 3.8) is 0 Å². The van der Waals surface area contributed by atoms with Gasteiger partial charge in [-0.05, 0) is 30.5 Å². The predicted octanol–water partition coefficient (Wildman–Crippen LogP) is 2.83. The molecule has 1 aromatic rings. The molecule has 3 nitrogen and oxygen atoms in total. The number of benzene rings is 1. The van der Waals surface area contributed by atoms with Gasteiger partial charge in [-0.15, -0.1) is 0 Å². The van der Waals surface area contributed by atoms with E-state index < -0.39 is 0 Å². The van der Waals surface area contributed by atoms with Gasteiger partial charge in [0.15, 0.2) is 0 Å². The summed E-state index contributed by atoms with van der Waals surface area (Å²) in [7, 11) is 0. The fourth-order valence-electron chi connectivity index (χ4n) is 2.29. The van der Waals surface area contributed by atoms with Crippen molar-refractivity contribution in [3.05, 3.63) is 34.3 Å². The van der Waals surface area contributed by atoms with Crippen LogP contribution in [0.1, 0.15) is 18.4 Å². The van der Waals surface area contributed by atoms with Crippen molar-refractivity contribution in [1.29, 1.82) is 0 Å². The minimum atomic E-state index is -0.0592. The SMILES string of the molecule is O=C=NCC1(c2ccc(Br)cc2)CCOCC1. The number of hydrogen-bond acceptors (Lipinski definition) is 3. The maximum Gasteiger partial charge on any atom is 0.234 e. The first-order valence-corrected chi connectivity index (χ1v) is 6.44. The van der Waals surface area contributed by atoms with Crippen LogP contribution in [0, 0.1) is 0 Å². The topological polar surface area (TPSA) is 38.7 Å². The van der Waals surface area contributed by atoms with Gasteiger partial charge in [0.2, 0.25) is 6.08 Å². The Morgan fingerprint density at radius 3 is 2.53 bits per heavy atom. The summed E-state index contributed by atoms with van der Waals surface area (Å²) in [6, 6.07) is 8.24. The molecule has 0 N–H and O–H groups in total. The summed E-state index contributed by atoms with van der Waals surface area (Å²) in [5.74, 6) is 0. The molecule has 0 aromatic heterocycles. The smallest absolute Gasteiger partial charge is 0.234 e. The second kappa shape index (κ2) is 5.58. The molecular formula is C13H14BrNO2. The lowest BCUT2D eigenvalue weighted by atomic mass is 9.74. The fraction of sp³-hybridized carbons (Fsp3) is 0.462. The second-order valence-electron chi connectivity index (χ2n) is 4.31. The predicted molar refractivity (Wildman–Crippen MR) is 68.9 cm³/mol. The highest BCUT2D eigenvalue weighted by Gasteiger charge is 2.34. The average Bonchev–Trinajstić information content (AvgIpc) is 2.38. The van der Waals surface area contributed by atoms with Crippen LogP contribution in [0.25, 0.3) is 0 Å². The lowest BCUT2D eigenvalue weighted by molar-refractivity contribution is 0.0531. The summed E-state index contributed by atoms with van der Waals surface area (Å²) in [6.07, 6.45) is 3.45. The summed E-state index contributed by atoms with van der Waals surface area (Å²) < 4.78 is 6.46. The molecule has 90 valence electrons. The Bertz CT molecular complexity index is 418. The minimum absolute atomic E-state index is 0.0592. The van der Waals surface area contributed by atoms with Crippen molar-refractivity contribution in [2.75, 3.05) is 19.8 Å². The molecule has 0 unspecified atom stereocenters. The zero-order chi connectivity index (χ0) is 12.1. The molecule has 0 saturated carbocycles. The molecule has 0 amide bonds. The molecule has 4 heteroatoms. The molecule has 17 heavy (non-hydrogen) atoms. The van der Waals surface area contributed by atoms with Crippen LogP contribution in [0.5, 0.6) is 0 Å². The number of rotatable bonds is 3. The third-order valence-electron chi connectivity index (χ3n) is 3.35. The third-order valence-corrected chi connectivity index (χ3v) is 3.88. The monoisotopic (exact) mass is 295 g/mol. The minimum Gasteiger partial charge on any atom is -0.381 e. The van der Waals surface area contributed by atoms with Gasteiger partial charge in [-0.3, -0.25) is 0 Å². The molecule has 0 spiro atoms. The van der Waals surface area contributed by atoms with Gasteiger partial charge in [-0.25, -0.2) is 9.79 Å². The zero-order valence-corrected chi connectivity index (χ0v) is 11.1. The standard InChI is InChI=1S/C13H14BrNO2/c14-12-3-1-11(2-4-12)13(9-15-10-16)5-7-17-8-6-13/h1-4H,5-9H2. The molecule has 0 bridgehead atoms. The molecule has 1 heterocycles. The van der Waals surface area contributed by atoms with Gasteiger partial charge in [0, 0.05) is 23.1 Å². The van der Waals surface area contributed by atoms with Gasteiger partial charge in [0.1, 0.15) is 0 Å². The molecule has 0 radical (unpaired) electrons. The van der Waals surface area contributed by atoms with Crippen LogP contribution in [0.4, 0.5) is 0 Å². The Labute approximate surface area is 109 Å². The van der Waals surface area contributed by atoms with E-state index in [1.807, 2.05) is 12.1 Å². The maximum atomic E-state index is 10.3. The Kier molecular flexibility index (Phi) is 4.11. The number of halogens is 1. The second-order valence-corrected chi connectivity index (χ2v) is 5.22. The van der Waals surface area contributed by atoms with Crippen LogP contribution in [0.3, 0.4) is 0 Å². The van der Waals surface area contributed by atoms with E-state index in [0.717, 1.165) is 30.5 Å². The first kappa shape index (κ1) is 12.5. The lowest BCUT2D eigenvalue weighted by Gasteiger charge is -2.36. The van der Waals surface area contributed by atoms with E-state index in [0.29, 0.717) is 6.54 Å². The lowest BCUT2D eigenvalue weighted by Crippen LogP contribution is -2.36. The number of ether oxygens (including phenoxy) is 1. The normalized spacial score (nSPS) is 18.4. The zero-order valence-electron chi connectivity index (χ0n) is 9.49. The molecule has 1 aromatic carbocycles. The van der Waals surface area contributed by atoms with E-state index in [9.17, 15) is 4.79 Å². The average molecular weight is 296 g/mol. The van der Waals surface area contributed by atoms with Gasteiger partial charge in [-0.2, -0.15) is 0 Å². The molecule has 1 fully saturated rings. The highest BCUT2D eigenvalue weighted by Crippen LogP contribution is 2.35. The number of carbonyl (C=O) groups excluding carboxylic acids is 1. The summed E-state index contributed by atoms with van der Waals surface area (Å²) in [6.45, 7) is 1.95.